The number of alkyl halides is 3. The zero-order valence-corrected chi connectivity index (χ0v) is 27.9. The molecule has 0 saturated carbocycles. The third kappa shape index (κ3) is 17.7. The molecule has 11 heteroatoms. The Bertz CT molecular complexity index is 1020. The number of aliphatic hydroxyl groups excluding tert-OH is 1. The number of likely N-dealkylation sites (tertiary alicyclic amines) is 2. The summed E-state index contributed by atoms with van der Waals surface area (Å²) in [4.78, 5) is 13.8. The van der Waals surface area contributed by atoms with Gasteiger partial charge in [0.25, 0.3) is 0 Å². The first-order valence-electron chi connectivity index (χ1n) is 14.7. The largest absolute Gasteiger partial charge is 0.459 e. The monoisotopic (exact) mass is 644 g/mol. The number of rotatable bonds is 8. The number of ether oxygens (including phenoxy) is 1. The highest BCUT2D eigenvalue weighted by Crippen LogP contribution is 2.30. The van der Waals surface area contributed by atoms with Crippen LogP contribution >= 0.6 is 11.6 Å². The smallest absolute Gasteiger partial charge is 0.400 e. The summed E-state index contributed by atoms with van der Waals surface area (Å²) in [5.41, 5.74) is 3.18. The Morgan fingerprint density at radius 1 is 1.11 bits per heavy atom. The van der Waals surface area contributed by atoms with E-state index in [9.17, 15) is 13.2 Å². The van der Waals surface area contributed by atoms with Gasteiger partial charge in [0.2, 0.25) is 0 Å². The number of aldehydes is 1. The molecule has 0 aliphatic carbocycles. The van der Waals surface area contributed by atoms with Crippen molar-refractivity contribution in [1.29, 1.82) is 0 Å². The molecule has 0 radical (unpaired) electrons. The van der Waals surface area contributed by atoms with Gasteiger partial charge in [-0.2, -0.15) is 13.2 Å². The molecule has 0 aromatic heterocycles. The summed E-state index contributed by atoms with van der Waals surface area (Å²) >= 11 is 6.16. The van der Waals surface area contributed by atoms with E-state index < -0.39 is 6.30 Å². The van der Waals surface area contributed by atoms with E-state index in [1.54, 1.807) is 13.2 Å². The zero-order chi connectivity index (χ0) is 33.5. The quantitative estimate of drug-likeness (QED) is 0.194. The number of halogens is 4. The molecule has 2 aromatic rings. The van der Waals surface area contributed by atoms with Gasteiger partial charge in [-0.15, -0.1) is 0 Å². The third-order valence-electron chi connectivity index (χ3n) is 6.73. The third-order valence-corrected chi connectivity index (χ3v) is 7.06. The lowest BCUT2D eigenvalue weighted by atomic mass is 9.97. The number of nitrogens with zero attached hydrogens (tertiary/aromatic N) is 3. The van der Waals surface area contributed by atoms with Crippen molar-refractivity contribution in [1.82, 2.24) is 14.7 Å². The number of nitrogens with one attached hydrogen (secondary N) is 1. The molecule has 250 valence electrons. The van der Waals surface area contributed by atoms with E-state index >= 15 is 0 Å². The average Bonchev–Trinajstić information content (AvgIpc) is 2.97. The molecule has 7 nitrogen and oxygen atoms in total. The highest BCUT2D eigenvalue weighted by Gasteiger charge is 2.41. The predicted molar refractivity (Wildman–Crippen MR) is 177 cm³/mol. The Morgan fingerprint density at radius 2 is 1.68 bits per heavy atom. The Kier molecular flexibility index (Phi) is 22.5. The average molecular weight is 645 g/mol. The van der Waals surface area contributed by atoms with Crippen LogP contribution in [0.2, 0.25) is 5.02 Å². The summed E-state index contributed by atoms with van der Waals surface area (Å²) < 4.78 is 42.8. The first-order valence-corrected chi connectivity index (χ1v) is 15.1. The maximum Gasteiger partial charge on any atom is 0.459 e. The molecule has 2 fully saturated rings. The van der Waals surface area contributed by atoms with Gasteiger partial charge in [-0.1, -0.05) is 66.2 Å². The molecule has 0 amide bonds. The second-order valence-corrected chi connectivity index (χ2v) is 10.9. The van der Waals surface area contributed by atoms with Crippen molar-refractivity contribution >= 4 is 29.7 Å². The van der Waals surface area contributed by atoms with Crippen LogP contribution in [0.25, 0.3) is 6.08 Å². The molecule has 44 heavy (non-hydrogen) atoms. The lowest BCUT2D eigenvalue weighted by molar-refractivity contribution is -0.252. The zero-order valence-electron chi connectivity index (χ0n) is 27.1. The Labute approximate surface area is 267 Å². The van der Waals surface area contributed by atoms with Gasteiger partial charge in [-0.25, -0.2) is 4.90 Å². The van der Waals surface area contributed by atoms with Gasteiger partial charge in [0.15, 0.2) is 0 Å². The van der Waals surface area contributed by atoms with Crippen LogP contribution in [0.1, 0.15) is 37.3 Å². The summed E-state index contributed by atoms with van der Waals surface area (Å²) in [6.07, 6.45) is 0.549. The van der Waals surface area contributed by atoms with Crippen LogP contribution in [0.4, 0.5) is 18.9 Å². The molecule has 0 spiro atoms. The number of hydrogen-bond donors (Lipinski definition) is 2. The second-order valence-electron chi connectivity index (χ2n) is 10.5. The minimum Gasteiger partial charge on any atom is -0.400 e. The SMILES string of the molecule is C=Cc1ccc(NC2CN(C3CCN(C(F)(F)F)CC3)C2)cc1Cl.CC=O.CO.COCCCN(C)C.Cc1ccccc1. The predicted octanol–water partition coefficient (Wildman–Crippen LogP) is 6.46. The summed E-state index contributed by atoms with van der Waals surface area (Å²) in [6, 6.07) is 16.6. The number of aryl methyl sites for hydroxylation is 1. The minimum absolute atomic E-state index is 0.0986. The number of aliphatic hydroxyl groups is 1. The van der Waals surface area contributed by atoms with Crippen LogP contribution in [0.15, 0.2) is 55.1 Å². The summed E-state index contributed by atoms with van der Waals surface area (Å²) in [7, 11) is 6.86. The van der Waals surface area contributed by atoms with Crippen LogP contribution in [0.3, 0.4) is 0 Å². The molecule has 0 bridgehead atoms. The van der Waals surface area contributed by atoms with Gasteiger partial charge in [-0.05, 0) is 71.4 Å². The van der Waals surface area contributed by atoms with E-state index in [0.29, 0.717) is 28.8 Å². The van der Waals surface area contributed by atoms with Crippen molar-refractivity contribution in [2.24, 2.45) is 0 Å². The maximum atomic E-state index is 12.6. The van der Waals surface area contributed by atoms with Gasteiger partial charge in [0, 0.05) is 63.8 Å². The minimum atomic E-state index is -4.19. The molecule has 2 aromatic carbocycles. The van der Waals surface area contributed by atoms with E-state index in [4.69, 9.17) is 26.2 Å². The second kappa shape index (κ2) is 23.9. The maximum absolute atomic E-state index is 12.6. The number of carbonyl (C=O) groups excluding carboxylic acids is 1. The van der Waals surface area contributed by atoms with Gasteiger partial charge < -0.3 is 24.9 Å². The van der Waals surface area contributed by atoms with Gasteiger partial charge in [0.1, 0.15) is 6.29 Å². The van der Waals surface area contributed by atoms with Gasteiger partial charge in [0.05, 0.1) is 6.04 Å². The highest BCUT2D eigenvalue weighted by molar-refractivity contribution is 6.32. The van der Waals surface area contributed by atoms with Crippen molar-refractivity contribution in [2.45, 2.75) is 51.5 Å². The number of carbonyl (C=O) groups is 1. The van der Waals surface area contributed by atoms with Crippen LogP contribution in [0.5, 0.6) is 0 Å². The lowest BCUT2D eigenvalue weighted by Gasteiger charge is -2.47. The van der Waals surface area contributed by atoms with Crippen molar-refractivity contribution in [3.8, 4) is 0 Å². The first-order chi connectivity index (χ1) is 20.9. The molecule has 0 unspecified atom stereocenters. The van der Waals surface area contributed by atoms with Crippen molar-refractivity contribution in [3.05, 3.63) is 71.3 Å². The Morgan fingerprint density at radius 3 is 2.09 bits per heavy atom. The van der Waals surface area contributed by atoms with Crippen LogP contribution < -0.4 is 5.32 Å². The molecule has 2 N–H and O–H groups in total. The van der Waals surface area contributed by atoms with Crippen LogP contribution in [0, 0.1) is 6.92 Å². The van der Waals surface area contributed by atoms with Crippen molar-refractivity contribution in [2.75, 3.05) is 73.0 Å². The number of hydrogen-bond acceptors (Lipinski definition) is 7. The fraction of sp³-hybridized carbons (Fsp3) is 0.545. The van der Waals surface area contributed by atoms with Gasteiger partial charge >= 0.3 is 6.30 Å². The molecular weight excluding hydrogens is 593 g/mol. The van der Waals surface area contributed by atoms with E-state index in [0.717, 1.165) is 57.3 Å². The number of anilines is 1. The van der Waals surface area contributed by atoms with Crippen molar-refractivity contribution in [3.63, 3.8) is 0 Å². The van der Waals surface area contributed by atoms with Gasteiger partial charge in [-0.3, -0.25) is 4.90 Å². The number of piperidine rings is 1. The number of benzene rings is 2. The van der Waals surface area contributed by atoms with E-state index in [1.807, 2.05) is 36.4 Å². The van der Waals surface area contributed by atoms with Crippen LogP contribution in [-0.2, 0) is 9.53 Å². The van der Waals surface area contributed by atoms with Crippen LogP contribution in [-0.4, -0.2) is 112 Å². The fourth-order valence-electron chi connectivity index (χ4n) is 4.46. The molecule has 4 rings (SSSR count). The molecule has 2 saturated heterocycles. The molecule has 2 aliphatic heterocycles. The summed E-state index contributed by atoms with van der Waals surface area (Å²) in [5, 5.41) is 11.1. The topological polar surface area (TPSA) is 68.3 Å². The normalized spacial score (nSPS) is 15.5. The highest BCUT2D eigenvalue weighted by atomic mass is 35.5. The van der Waals surface area contributed by atoms with E-state index in [1.165, 1.54) is 12.5 Å². The van der Waals surface area contributed by atoms with E-state index in [-0.39, 0.29) is 19.1 Å². The molecule has 2 heterocycles. The standard InChI is InChI=1S/C17H21ClF3N3.C7H8.C6H15NO.C2H4O.CH4O/c1-2-12-3-4-13(9-16(12)18)22-14-10-23(11-14)15-5-7-24(8-6-15)17(19,20)21;1-7-5-3-2-4-6-7;1-7(2)5-4-6-8-3;1-2-3;1-2/h2-4,9,14-15,22H,1,5-8,10-11H2;2-6H,1H3;4-6H2,1-3H3;2H,1H3;2H,1H3. The Balaban J connectivity index is 0.000000755. The molecular formula is C33H52ClF3N4O3. The Hall–Kier alpha value is -2.47. The molecule has 2 aliphatic rings. The summed E-state index contributed by atoms with van der Waals surface area (Å²) in [5.74, 6) is 0. The van der Waals surface area contributed by atoms with E-state index in [2.05, 4.69) is 54.8 Å². The number of methoxy groups -OCH3 is 1. The summed E-state index contributed by atoms with van der Waals surface area (Å²) in [6.45, 7) is 11.1. The van der Waals surface area contributed by atoms with Crippen molar-refractivity contribution < 1.29 is 27.8 Å². The molecule has 0 atom stereocenters. The fourth-order valence-corrected chi connectivity index (χ4v) is 4.72. The first kappa shape index (κ1) is 41.5. The lowest BCUT2D eigenvalue weighted by Crippen LogP contribution is -2.61.